The zero-order chi connectivity index (χ0) is 15.5. The molecule has 0 aliphatic heterocycles. The molecule has 8 nitrogen and oxygen atoms in total. The lowest BCUT2D eigenvalue weighted by atomic mass is 10.1. The van der Waals surface area contributed by atoms with E-state index in [0.717, 1.165) is 18.5 Å². The van der Waals surface area contributed by atoms with E-state index in [2.05, 4.69) is 25.4 Å². The average Bonchev–Trinajstić information content (AvgIpc) is 2.98. The third kappa shape index (κ3) is 3.10. The molecule has 3 rings (SSSR count). The number of likely N-dealkylation sites (N-methyl/N-ethyl adjacent to an activating group) is 1. The van der Waals surface area contributed by atoms with E-state index in [9.17, 15) is 9.59 Å². The smallest absolute Gasteiger partial charge is 0.339 e. The number of carbonyl (C=O) groups excluding carboxylic acids is 1. The molecule has 3 N–H and O–H groups in total. The van der Waals surface area contributed by atoms with E-state index in [-0.39, 0.29) is 12.3 Å². The van der Waals surface area contributed by atoms with Crippen molar-refractivity contribution in [2.75, 3.05) is 7.05 Å². The Bertz CT molecular complexity index is 713. The van der Waals surface area contributed by atoms with E-state index in [4.69, 9.17) is 0 Å². The molecule has 1 aliphatic rings. The lowest BCUT2D eigenvalue weighted by molar-refractivity contribution is -0.129. The summed E-state index contributed by atoms with van der Waals surface area (Å²) in [5.41, 5.74) is 3.03. The summed E-state index contributed by atoms with van der Waals surface area (Å²) >= 11 is 0. The summed E-state index contributed by atoms with van der Waals surface area (Å²) in [5.74, 6) is 0.246. The Morgan fingerprint density at radius 1 is 1.18 bits per heavy atom. The standard InChI is InChI=1S/C14H20N6O2/c1-20(13(21)7-12-15-14(22)19-18-12)8-11-9-5-3-2-4-6-10(9)16-17-11/h2-8H2,1H3,(H,16,17)(H2,15,18,19,22). The molecule has 0 atom stereocenters. The summed E-state index contributed by atoms with van der Waals surface area (Å²) in [6.07, 6.45) is 5.73. The van der Waals surface area contributed by atoms with E-state index in [1.165, 1.54) is 30.5 Å². The number of H-pyrrole nitrogens is 3. The molecule has 0 radical (unpaired) electrons. The Balaban J connectivity index is 1.66. The van der Waals surface area contributed by atoms with Crippen LogP contribution >= 0.6 is 0 Å². The SMILES string of the molecule is CN(Cc1n[nH]c2c1CCCCC2)C(=O)Cc1n[nH]c(=O)[nH]1. The van der Waals surface area contributed by atoms with Crippen molar-refractivity contribution in [3.05, 3.63) is 33.3 Å². The topological polar surface area (TPSA) is 111 Å². The molecule has 0 fully saturated rings. The van der Waals surface area contributed by atoms with E-state index in [1.54, 1.807) is 11.9 Å². The normalized spacial score (nSPS) is 14.4. The third-order valence-electron chi connectivity index (χ3n) is 4.07. The van der Waals surface area contributed by atoms with Crippen LogP contribution in [0.2, 0.25) is 0 Å². The fourth-order valence-electron chi connectivity index (χ4n) is 2.84. The van der Waals surface area contributed by atoms with Gasteiger partial charge < -0.3 is 4.90 Å². The fourth-order valence-corrected chi connectivity index (χ4v) is 2.84. The van der Waals surface area contributed by atoms with Crippen molar-refractivity contribution in [3.63, 3.8) is 0 Å². The van der Waals surface area contributed by atoms with Crippen LogP contribution in [0.3, 0.4) is 0 Å². The zero-order valence-corrected chi connectivity index (χ0v) is 12.6. The van der Waals surface area contributed by atoms with Crippen molar-refractivity contribution < 1.29 is 4.79 Å². The van der Waals surface area contributed by atoms with Gasteiger partial charge in [-0.25, -0.2) is 9.89 Å². The van der Waals surface area contributed by atoms with Crippen LogP contribution in [0.4, 0.5) is 0 Å². The van der Waals surface area contributed by atoms with Crippen molar-refractivity contribution in [2.45, 2.75) is 45.1 Å². The van der Waals surface area contributed by atoms with Gasteiger partial charge in [-0.1, -0.05) is 6.42 Å². The number of nitrogens with zero attached hydrogens (tertiary/aromatic N) is 3. The highest BCUT2D eigenvalue weighted by molar-refractivity contribution is 5.77. The molecule has 0 aromatic carbocycles. The molecule has 0 spiro atoms. The van der Waals surface area contributed by atoms with Crippen LogP contribution in [0.1, 0.15) is 42.0 Å². The first-order valence-corrected chi connectivity index (χ1v) is 7.56. The van der Waals surface area contributed by atoms with Crippen molar-refractivity contribution >= 4 is 5.91 Å². The first kappa shape index (κ1) is 14.6. The maximum atomic E-state index is 12.2. The van der Waals surface area contributed by atoms with Crippen molar-refractivity contribution in [2.24, 2.45) is 0 Å². The molecular weight excluding hydrogens is 284 g/mol. The number of fused-ring (bicyclic) bond motifs is 1. The number of hydrogen-bond acceptors (Lipinski definition) is 4. The van der Waals surface area contributed by atoms with E-state index in [0.29, 0.717) is 12.4 Å². The van der Waals surface area contributed by atoms with Crippen LogP contribution in [-0.2, 0) is 30.6 Å². The molecular formula is C14H20N6O2. The summed E-state index contributed by atoms with van der Waals surface area (Å²) < 4.78 is 0. The lowest BCUT2D eigenvalue weighted by Gasteiger charge is -2.16. The molecule has 1 amide bonds. The molecule has 0 saturated carbocycles. The Hall–Kier alpha value is -2.38. The maximum Gasteiger partial charge on any atom is 0.340 e. The Kier molecular flexibility index (Phi) is 4.08. The molecule has 8 heteroatoms. The number of aromatic amines is 3. The van der Waals surface area contributed by atoms with Gasteiger partial charge in [0.25, 0.3) is 0 Å². The quantitative estimate of drug-likeness (QED) is 0.705. The highest BCUT2D eigenvalue weighted by Crippen LogP contribution is 2.22. The molecule has 1 aliphatic carbocycles. The third-order valence-corrected chi connectivity index (χ3v) is 4.07. The molecule has 2 aromatic rings. The summed E-state index contributed by atoms with van der Waals surface area (Å²) in [7, 11) is 1.74. The Morgan fingerprint density at radius 2 is 2.00 bits per heavy atom. The fraction of sp³-hybridized carbons (Fsp3) is 0.571. The van der Waals surface area contributed by atoms with Gasteiger partial charge in [0.15, 0.2) is 0 Å². The second-order valence-electron chi connectivity index (χ2n) is 5.74. The summed E-state index contributed by atoms with van der Waals surface area (Å²) in [5, 5.41) is 13.5. The number of nitrogens with one attached hydrogen (secondary N) is 3. The minimum Gasteiger partial charge on any atom is -0.339 e. The zero-order valence-electron chi connectivity index (χ0n) is 12.6. The first-order chi connectivity index (χ1) is 10.6. The van der Waals surface area contributed by atoms with Gasteiger partial charge in [0.05, 0.1) is 18.7 Å². The number of aromatic nitrogens is 5. The van der Waals surface area contributed by atoms with Crippen LogP contribution in [0.25, 0.3) is 0 Å². The largest absolute Gasteiger partial charge is 0.340 e. The van der Waals surface area contributed by atoms with Crippen molar-refractivity contribution in [1.29, 1.82) is 0 Å². The van der Waals surface area contributed by atoms with Gasteiger partial charge >= 0.3 is 5.69 Å². The number of amides is 1. The van der Waals surface area contributed by atoms with E-state index in [1.807, 2.05) is 0 Å². The summed E-state index contributed by atoms with van der Waals surface area (Å²) in [4.78, 5) is 27.3. The van der Waals surface area contributed by atoms with Gasteiger partial charge in [-0.15, -0.1) is 0 Å². The molecule has 0 bridgehead atoms. The second kappa shape index (κ2) is 6.17. The van der Waals surface area contributed by atoms with E-state index < -0.39 is 5.69 Å². The Morgan fingerprint density at radius 3 is 2.77 bits per heavy atom. The molecule has 2 aromatic heterocycles. The molecule has 0 saturated heterocycles. The monoisotopic (exact) mass is 304 g/mol. The van der Waals surface area contributed by atoms with Gasteiger partial charge in [0, 0.05) is 12.7 Å². The van der Waals surface area contributed by atoms with Gasteiger partial charge in [0.1, 0.15) is 5.82 Å². The minimum absolute atomic E-state index is 0.0713. The van der Waals surface area contributed by atoms with Crippen LogP contribution in [0.15, 0.2) is 4.79 Å². The summed E-state index contributed by atoms with van der Waals surface area (Å²) in [6.45, 7) is 0.472. The number of hydrogen-bond donors (Lipinski definition) is 3. The molecule has 118 valence electrons. The first-order valence-electron chi connectivity index (χ1n) is 7.56. The lowest BCUT2D eigenvalue weighted by Crippen LogP contribution is -2.28. The second-order valence-corrected chi connectivity index (χ2v) is 5.74. The number of carbonyl (C=O) groups is 1. The van der Waals surface area contributed by atoms with Crippen LogP contribution < -0.4 is 5.69 Å². The molecule has 0 unspecified atom stereocenters. The van der Waals surface area contributed by atoms with Crippen LogP contribution in [0.5, 0.6) is 0 Å². The number of aryl methyl sites for hydroxylation is 1. The van der Waals surface area contributed by atoms with Crippen LogP contribution in [-0.4, -0.2) is 43.2 Å². The minimum atomic E-state index is -0.400. The molecule has 2 heterocycles. The van der Waals surface area contributed by atoms with Gasteiger partial charge in [-0.3, -0.25) is 14.9 Å². The van der Waals surface area contributed by atoms with Gasteiger partial charge in [-0.05, 0) is 31.2 Å². The summed E-state index contributed by atoms with van der Waals surface area (Å²) in [6, 6.07) is 0. The molecule has 22 heavy (non-hydrogen) atoms. The van der Waals surface area contributed by atoms with Gasteiger partial charge in [0.2, 0.25) is 5.91 Å². The van der Waals surface area contributed by atoms with E-state index >= 15 is 0 Å². The maximum absolute atomic E-state index is 12.2. The van der Waals surface area contributed by atoms with Crippen LogP contribution in [0, 0.1) is 0 Å². The number of rotatable bonds is 4. The van der Waals surface area contributed by atoms with Crippen molar-refractivity contribution in [1.82, 2.24) is 30.3 Å². The predicted octanol–water partition coefficient (Wildman–Crippen LogP) is 0.291. The van der Waals surface area contributed by atoms with Crippen molar-refractivity contribution in [3.8, 4) is 0 Å². The highest BCUT2D eigenvalue weighted by Gasteiger charge is 2.19. The average molecular weight is 304 g/mol. The predicted molar refractivity (Wildman–Crippen MR) is 79.2 cm³/mol. The Labute approximate surface area is 127 Å². The highest BCUT2D eigenvalue weighted by atomic mass is 16.2. The van der Waals surface area contributed by atoms with Gasteiger partial charge in [-0.2, -0.15) is 10.2 Å².